The number of nitrogens with zero attached hydrogens (tertiary/aromatic N) is 2. The van der Waals surface area contributed by atoms with Crippen molar-refractivity contribution in [3.05, 3.63) is 176 Å². The van der Waals surface area contributed by atoms with E-state index in [2.05, 4.69) is 78.9 Å². The molecule has 9 rings (SSSR count). The predicted molar refractivity (Wildman–Crippen MR) is 222 cm³/mol. The zero-order valence-electron chi connectivity index (χ0n) is 29.1. The average Bonchev–Trinajstić information content (AvgIpc) is 3.20. The van der Waals surface area contributed by atoms with Gasteiger partial charge in [0.05, 0.1) is 42.7 Å². The van der Waals surface area contributed by atoms with E-state index in [1.54, 1.807) is 36.4 Å². The summed E-state index contributed by atoms with van der Waals surface area (Å²) >= 11 is 0. The van der Waals surface area contributed by atoms with Crippen LogP contribution in [0, 0.1) is 20.2 Å². The Hall–Kier alpha value is -5.61. The van der Waals surface area contributed by atoms with E-state index in [1.807, 2.05) is 12.1 Å². The molecule has 2 atom stereocenters. The molecule has 0 N–H and O–H groups in total. The number of ether oxygens (including phenoxy) is 1. The summed E-state index contributed by atoms with van der Waals surface area (Å²) in [6.45, 7) is 0.118. The molecule has 0 spiro atoms. The minimum Gasteiger partial charge on any atom is -0.419 e. The lowest BCUT2D eigenvalue weighted by Gasteiger charge is -2.41. The molecule has 12 heteroatoms. The van der Waals surface area contributed by atoms with E-state index in [0.717, 1.165) is 43.3 Å². The van der Waals surface area contributed by atoms with Gasteiger partial charge >= 0.3 is 0 Å². The topological polar surface area (TPSA) is 114 Å². The van der Waals surface area contributed by atoms with Crippen LogP contribution in [0.1, 0.15) is 16.7 Å². The van der Waals surface area contributed by atoms with Crippen molar-refractivity contribution in [3.63, 3.8) is 0 Å². The summed E-state index contributed by atoms with van der Waals surface area (Å²) in [7, 11) is -3.75. The second kappa shape index (κ2) is 14.0. The van der Waals surface area contributed by atoms with Gasteiger partial charge in [-0.3, -0.25) is 20.2 Å². The van der Waals surface area contributed by atoms with E-state index in [4.69, 9.17) is 13.6 Å². The molecule has 266 valence electrons. The second-order valence-corrected chi connectivity index (χ2v) is 28.0. The molecule has 9 nitrogen and oxygen atoms in total. The lowest BCUT2D eigenvalue weighted by Crippen LogP contribution is -2.50. The van der Waals surface area contributed by atoms with Gasteiger partial charge in [0.2, 0.25) is 0 Å². The van der Waals surface area contributed by atoms with Crippen LogP contribution in [0.15, 0.2) is 140 Å². The van der Waals surface area contributed by atoms with Crippen LogP contribution in [0.2, 0.25) is 6.04 Å². The molecule has 1 aliphatic rings. The molecule has 0 saturated carbocycles. The van der Waals surface area contributed by atoms with E-state index in [1.165, 1.54) is 28.3 Å². The van der Waals surface area contributed by atoms with Crippen molar-refractivity contribution in [1.29, 1.82) is 0 Å². The minimum atomic E-state index is -1.97. The molecule has 1 fully saturated rings. The summed E-state index contributed by atoms with van der Waals surface area (Å²) in [5.74, 6) is -1.24. The summed E-state index contributed by atoms with van der Waals surface area (Å²) in [6, 6.07) is 46.1. The molecule has 8 aromatic rings. The van der Waals surface area contributed by atoms with E-state index in [9.17, 15) is 20.2 Å². The Kier molecular flexibility index (Phi) is 8.85. The van der Waals surface area contributed by atoms with Gasteiger partial charge in [0.25, 0.3) is 11.4 Å². The number of nitro benzene ring substituents is 2. The summed E-state index contributed by atoms with van der Waals surface area (Å²) in [4.78, 5) is 23.2. The van der Waals surface area contributed by atoms with Crippen molar-refractivity contribution in [2.75, 3.05) is 0 Å². The maximum absolute atomic E-state index is 12.1. The SMILES string of the molecule is O=[N+]([O-])c1ccccc1CO[SiH]1CC(OCc2ccccc2[N+](=O)[O-])(c2c3ccccc3cc3c2ccc2cc4cc5ccccc5cc4cc23)O[SiH2][SiH2]1. The molecule has 0 aromatic heterocycles. The van der Waals surface area contributed by atoms with E-state index in [0.29, 0.717) is 17.2 Å². The van der Waals surface area contributed by atoms with Crippen LogP contribution < -0.4 is 0 Å². The van der Waals surface area contributed by atoms with Crippen LogP contribution in [-0.2, 0) is 32.6 Å². The summed E-state index contributed by atoms with van der Waals surface area (Å²) in [6.07, 6.45) is 0. The van der Waals surface area contributed by atoms with Gasteiger partial charge in [-0.1, -0.05) is 84.9 Å². The summed E-state index contributed by atoms with van der Waals surface area (Å²) in [5, 5.41) is 34.9. The first kappa shape index (κ1) is 34.2. The number of nitro groups is 2. The van der Waals surface area contributed by atoms with Crippen LogP contribution in [0.25, 0.3) is 53.9 Å². The third-order valence-electron chi connectivity index (χ3n) is 10.6. The standard InChI is InChI=1S/C42H34N2O7Si3/c45-43(46)39-15-7-4-12-31(39)24-49-42(26-54(53-52-51-42)50-25-32-13-5-8-16-40(32)44(47)48)41-35-14-6-3-11-29(35)22-38-36(41)18-17-30-21-33-19-27-9-1-2-10-28(27)20-34(33)23-37(30)38/h1-23,54H,24-26,52-53H2. The van der Waals surface area contributed by atoms with Crippen LogP contribution in [-0.4, -0.2) is 36.2 Å². The van der Waals surface area contributed by atoms with E-state index >= 15 is 0 Å². The smallest absolute Gasteiger partial charge is 0.274 e. The Bertz CT molecular complexity index is 2800. The number of para-hydroxylation sites is 2. The maximum atomic E-state index is 12.1. The molecule has 54 heavy (non-hydrogen) atoms. The van der Waals surface area contributed by atoms with Gasteiger partial charge in [-0.05, 0) is 96.3 Å². The van der Waals surface area contributed by atoms with E-state index < -0.39 is 32.2 Å². The highest BCUT2D eigenvalue weighted by molar-refractivity contribution is 7.33. The van der Waals surface area contributed by atoms with Gasteiger partial charge < -0.3 is 13.6 Å². The Morgan fingerprint density at radius 2 is 1.15 bits per heavy atom. The van der Waals surface area contributed by atoms with Crippen LogP contribution >= 0.6 is 0 Å². The summed E-state index contributed by atoms with van der Waals surface area (Å²) in [5.41, 5.74) is 1.95. The first-order valence-electron chi connectivity index (χ1n) is 17.9. The molecule has 1 heterocycles. The van der Waals surface area contributed by atoms with Gasteiger partial charge in [-0.15, -0.1) is 0 Å². The quantitative estimate of drug-likeness (QED) is 0.0478. The first-order valence-corrected chi connectivity index (χ1v) is 27.1. The van der Waals surface area contributed by atoms with Crippen LogP contribution in [0.3, 0.4) is 0 Å². The predicted octanol–water partition coefficient (Wildman–Crippen LogP) is 8.27. The monoisotopic (exact) mass is 762 g/mol. The third kappa shape index (κ3) is 6.18. The van der Waals surface area contributed by atoms with Crippen molar-refractivity contribution < 1.29 is 23.4 Å². The maximum Gasteiger partial charge on any atom is 0.274 e. The van der Waals surface area contributed by atoms with Crippen LogP contribution in [0.4, 0.5) is 11.4 Å². The highest BCUT2D eigenvalue weighted by Crippen LogP contribution is 2.46. The van der Waals surface area contributed by atoms with Crippen molar-refractivity contribution in [2.24, 2.45) is 0 Å². The fraction of sp³-hybridized carbons (Fsp3) is 0.0952. The zero-order chi connectivity index (χ0) is 36.8. The number of benzene rings is 8. The summed E-state index contributed by atoms with van der Waals surface area (Å²) < 4.78 is 20.7. The molecule has 2 unspecified atom stereocenters. The van der Waals surface area contributed by atoms with Gasteiger partial charge in [0, 0.05) is 23.7 Å². The van der Waals surface area contributed by atoms with Crippen molar-refractivity contribution >= 4 is 91.6 Å². The molecule has 8 aromatic carbocycles. The molecule has 1 aliphatic heterocycles. The fourth-order valence-corrected chi connectivity index (χ4v) is 22.8. The zero-order valence-corrected chi connectivity index (χ0v) is 33.1. The average molecular weight is 763 g/mol. The Morgan fingerprint density at radius 1 is 0.593 bits per heavy atom. The highest BCUT2D eigenvalue weighted by atomic mass is 29.6. The Balaban J connectivity index is 1.22. The van der Waals surface area contributed by atoms with Gasteiger partial charge in [0.15, 0.2) is 14.3 Å². The first-order chi connectivity index (χ1) is 26.4. The molecule has 1 saturated heterocycles. The Morgan fingerprint density at radius 3 is 1.85 bits per heavy atom. The number of fused-ring (bicyclic) bond motifs is 6. The number of hydrogen-bond acceptors (Lipinski definition) is 7. The largest absolute Gasteiger partial charge is 0.419 e. The Labute approximate surface area is 315 Å². The molecular formula is C42H34N2O7Si3. The van der Waals surface area contributed by atoms with Crippen molar-refractivity contribution in [1.82, 2.24) is 0 Å². The van der Waals surface area contributed by atoms with Crippen molar-refractivity contribution in [3.8, 4) is 0 Å². The molecular weight excluding hydrogens is 729 g/mol. The third-order valence-corrected chi connectivity index (χ3v) is 26.6. The molecule has 0 amide bonds. The molecule has 0 bridgehead atoms. The van der Waals surface area contributed by atoms with Gasteiger partial charge in [0.1, 0.15) is 9.28 Å². The van der Waals surface area contributed by atoms with Gasteiger partial charge in [-0.2, -0.15) is 0 Å². The number of rotatable bonds is 9. The number of hydrogen-bond donors (Lipinski definition) is 0. The fourth-order valence-electron chi connectivity index (χ4n) is 8.05. The second-order valence-electron chi connectivity index (χ2n) is 13.8. The van der Waals surface area contributed by atoms with Crippen molar-refractivity contribution in [2.45, 2.75) is 25.0 Å². The normalized spacial score (nSPS) is 18.3. The van der Waals surface area contributed by atoms with Crippen LogP contribution in [0.5, 0.6) is 0 Å². The van der Waals surface area contributed by atoms with E-state index in [-0.39, 0.29) is 34.4 Å². The molecule has 0 aliphatic carbocycles. The van der Waals surface area contributed by atoms with Gasteiger partial charge in [-0.25, -0.2) is 0 Å². The lowest BCUT2D eigenvalue weighted by molar-refractivity contribution is -0.386. The highest BCUT2D eigenvalue weighted by Gasteiger charge is 2.44. The molecule has 0 radical (unpaired) electrons. The lowest BCUT2D eigenvalue weighted by atomic mass is 9.88. The minimum absolute atomic E-state index is 0.00955.